The van der Waals surface area contributed by atoms with Gasteiger partial charge in [-0.2, -0.15) is 0 Å². The topological polar surface area (TPSA) is 119 Å². The molecule has 3 aromatic rings. The Balaban J connectivity index is 1.58. The fraction of sp³-hybridized carbons (Fsp3) is 0.200. The molecule has 10 nitrogen and oxygen atoms in total. The number of imide groups is 1. The van der Waals surface area contributed by atoms with Crippen molar-refractivity contribution >= 4 is 17.7 Å². The largest absolute Gasteiger partial charge is 0.494 e. The minimum absolute atomic E-state index is 0.0124. The maximum Gasteiger partial charge on any atom is 0.325 e. The number of urea groups is 1. The van der Waals surface area contributed by atoms with Gasteiger partial charge < -0.3 is 10.1 Å². The van der Waals surface area contributed by atoms with Crippen molar-refractivity contribution in [2.45, 2.75) is 12.5 Å². The van der Waals surface area contributed by atoms with Crippen LogP contribution in [0.1, 0.15) is 22.8 Å². The fourth-order valence-electron chi connectivity index (χ4n) is 3.35. The van der Waals surface area contributed by atoms with Gasteiger partial charge in [-0.1, -0.05) is 12.1 Å². The highest BCUT2D eigenvalue weighted by Gasteiger charge is 2.49. The molecule has 2 aromatic carbocycles. The Morgan fingerprint density at radius 2 is 2.03 bits per heavy atom. The quantitative estimate of drug-likeness (QED) is 0.470. The molecule has 2 heterocycles. The molecule has 0 radical (unpaired) electrons. The van der Waals surface area contributed by atoms with E-state index in [-0.39, 0.29) is 11.3 Å². The summed E-state index contributed by atoms with van der Waals surface area (Å²) < 4.78 is 20.2. The number of nitrogens with zero attached hydrogens (tertiary/aromatic N) is 5. The predicted octanol–water partition coefficient (Wildman–Crippen LogP) is 1.46. The minimum atomic E-state index is -1.40. The van der Waals surface area contributed by atoms with Crippen LogP contribution in [0.5, 0.6) is 5.75 Å². The molecule has 0 aliphatic carbocycles. The van der Waals surface area contributed by atoms with Crippen molar-refractivity contribution in [2.24, 2.45) is 0 Å². The number of carbonyl (C=O) groups excluding carboxylic acids is 3. The van der Waals surface area contributed by atoms with Gasteiger partial charge >= 0.3 is 6.03 Å². The molecule has 1 atom stereocenters. The van der Waals surface area contributed by atoms with Crippen molar-refractivity contribution in [3.8, 4) is 11.4 Å². The lowest BCUT2D eigenvalue weighted by Crippen LogP contribution is -2.41. The lowest BCUT2D eigenvalue weighted by atomic mass is 9.91. The van der Waals surface area contributed by atoms with Gasteiger partial charge in [0.2, 0.25) is 0 Å². The van der Waals surface area contributed by atoms with Gasteiger partial charge in [-0.25, -0.2) is 13.9 Å². The Morgan fingerprint density at radius 3 is 2.71 bits per heavy atom. The average molecular weight is 424 g/mol. The summed E-state index contributed by atoms with van der Waals surface area (Å²) in [6.07, 6.45) is 1.40. The van der Waals surface area contributed by atoms with Gasteiger partial charge in [-0.05, 0) is 53.2 Å². The molecule has 0 unspecified atom stereocenters. The first kappa shape index (κ1) is 20.1. The van der Waals surface area contributed by atoms with Gasteiger partial charge in [0.05, 0.1) is 19.3 Å². The highest BCUT2D eigenvalue weighted by Crippen LogP contribution is 2.30. The summed E-state index contributed by atoms with van der Waals surface area (Å²) in [7, 11) is 1.31. The molecule has 31 heavy (non-hydrogen) atoms. The normalized spacial score (nSPS) is 18.2. The molecule has 11 heteroatoms. The summed E-state index contributed by atoms with van der Waals surface area (Å²) >= 11 is 0. The number of methoxy groups -OCH3 is 1. The predicted molar refractivity (Wildman–Crippen MR) is 104 cm³/mol. The molecule has 1 N–H and O–H groups in total. The second-order valence-corrected chi connectivity index (χ2v) is 7.02. The fourth-order valence-corrected chi connectivity index (χ4v) is 3.35. The molecule has 1 aromatic heterocycles. The molecule has 0 spiro atoms. The summed E-state index contributed by atoms with van der Waals surface area (Å²) in [6.45, 7) is 1.02. The number of carbonyl (C=O) groups is 3. The molecular weight excluding hydrogens is 407 g/mol. The third-order valence-electron chi connectivity index (χ3n) is 5.09. The van der Waals surface area contributed by atoms with Gasteiger partial charge in [-0.15, -0.1) is 5.10 Å². The molecule has 0 bridgehead atoms. The van der Waals surface area contributed by atoms with E-state index < -0.39 is 35.6 Å². The van der Waals surface area contributed by atoms with E-state index in [0.29, 0.717) is 11.3 Å². The van der Waals surface area contributed by atoms with Crippen LogP contribution in [0.3, 0.4) is 0 Å². The molecule has 0 saturated carbocycles. The molecule has 1 fully saturated rings. The highest BCUT2D eigenvalue weighted by molar-refractivity contribution is 6.11. The van der Waals surface area contributed by atoms with E-state index in [4.69, 9.17) is 4.74 Å². The monoisotopic (exact) mass is 424 g/mol. The number of aromatic nitrogens is 4. The summed E-state index contributed by atoms with van der Waals surface area (Å²) in [6, 6.07) is 9.75. The first-order valence-corrected chi connectivity index (χ1v) is 9.18. The van der Waals surface area contributed by atoms with Crippen molar-refractivity contribution in [3.63, 3.8) is 0 Å². The molecule has 3 amide bonds. The van der Waals surface area contributed by atoms with Gasteiger partial charge in [-0.3, -0.25) is 14.5 Å². The summed E-state index contributed by atoms with van der Waals surface area (Å²) in [5.41, 5.74) is -0.293. The summed E-state index contributed by atoms with van der Waals surface area (Å²) in [5.74, 6) is -1.91. The zero-order chi connectivity index (χ0) is 22.2. The van der Waals surface area contributed by atoms with Crippen LogP contribution < -0.4 is 10.1 Å². The van der Waals surface area contributed by atoms with Crippen LogP contribution in [0, 0.1) is 5.82 Å². The van der Waals surface area contributed by atoms with E-state index in [1.54, 1.807) is 31.2 Å². The molecular formula is C20H17FN6O4. The van der Waals surface area contributed by atoms with Crippen molar-refractivity contribution in [3.05, 3.63) is 65.7 Å². The Morgan fingerprint density at radius 1 is 1.23 bits per heavy atom. The van der Waals surface area contributed by atoms with Gasteiger partial charge in [0.15, 0.2) is 17.3 Å². The Bertz CT molecular complexity index is 1180. The van der Waals surface area contributed by atoms with Crippen LogP contribution in [0.15, 0.2) is 48.8 Å². The Labute approximate surface area is 175 Å². The lowest BCUT2D eigenvalue weighted by molar-refractivity contribution is -0.130. The van der Waals surface area contributed by atoms with Crippen LogP contribution in [0.2, 0.25) is 0 Å². The number of hydrogen-bond acceptors (Lipinski definition) is 7. The maximum absolute atomic E-state index is 13.9. The average Bonchev–Trinajstić information content (AvgIpc) is 3.38. The third-order valence-corrected chi connectivity index (χ3v) is 5.09. The zero-order valence-corrected chi connectivity index (χ0v) is 16.6. The van der Waals surface area contributed by atoms with Crippen molar-refractivity contribution in [1.82, 2.24) is 30.4 Å². The van der Waals surface area contributed by atoms with Crippen molar-refractivity contribution < 1.29 is 23.5 Å². The Kier molecular flexibility index (Phi) is 4.93. The number of ether oxygens (including phenoxy) is 1. The van der Waals surface area contributed by atoms with Crippen LogP contribution >= 0.6 is 0 Å². The van der Waals surface area contributed by atoms with E-state index >= 15 is 0 Å². The first-order chi connectivity index (χ1) is 14.8. The Hall–Kier alpha value is -4.15. The smallest absolute Gasteiger partial charge is 0.325 e. The van der Waals surface area contributed by atoms with Crippen molar-refractivity contribution in [1.29, 1.82) is 0 Å². The summed E-state index contributed by atoms with van der Waals surface area (Å²) in [4.78, 5) is 39.1. The minimum Gasteiger partial charge on any atom is -0.494 e. The van der Waals surface area contributed by atoms with E-state index in [1.807, 2.05) is 0 Å². The number of halogens is 1. The zero-order valence-electron chi connectivity index (χ0n) is 16.6. The van der Waals surface area contributed by atoms with Crippen LogP contribution in [0.25, 0.3) is 5.69 Å². The second kappa shape index (κ2) is 7.59. The number of tetrazole rings is 1. The van der Waals surface area contributed by atoms with Gasteiger partial charge in [0, 0.05) is 5.56 Å². The summed E-state index contributed by atoms with van der Waals surface area (Å²) in [5, 5.41) is 13.6. The molecule has 1 saturated heterocycles. The van der Waals surface area contributed by atoms with Gasteiger partial charge in [0.1, 0.15) is 11.9 Å². The second-order valence-electron chi connectivity index (χ2n) is 7.02. The number of ketones is 1. The van der Waals surface area contributed by atoms with E-state index in [0.717, 1.165) is 11.0 Å². The molecule has 4 rings (SSSR count). The van der Waals surface area contributed by atoms with E-state index in [9.17, 15) is 18.8 Å². The molecule has 158 valence electrons. The van der Waals surface area contributed by atoms with E-state index in [2.05, 4.69) is 20.8 Å². The standard InChI is InChI=1S/C20H17FN6O4/c1-20(13-4-3-5-14(9-13)27-11-22-24-25-27)18(29)26(19(30)23-20)10-16(28)12-6-7-17(31-2)15(21)8-12/h3-9,11H,10H2,1-2H3,(H,23,30)/t20-/m0/s1. The third kappa shape index (κ3) is 3.50. The molecule has 1 aliphatic heterocycles. The number of amides is 3. The van der Waals surface area contributed by atoms with Crippen molar-refractivity contribution in [2.75, 3.05) is 13.7 Å². The van der Waals surface area contributed by atoms with Crippen LogP contribution in [-0.4, -0.2) is 56.5 Å². The maximum atomic E-state index is 13.9. The number of Topliss-reactive ketones (excluding diaryl/α,β-unsaturated/α-hetero) is 1. The molecule has 1 aliphatic rings. The lowest BCUT2D eigenvalue weighted by Gasteiger charge is -2.22. The SMILES string of the molecule is COc1ccc(C(=O)CN2C(=O)N[C@@](C)(c3cccc(-n4cnnn4)c3)C2=O)cc1F. The highest BCUT2D eigenvalue weighted by atomic mass is 19.1. The number of rotatable bonds is 6. The van der Waals surface area contributed by atoms with Crippen LogP contribution in [-0.2, 0) is 10.3 Å². The number of benzene rings is 2. The first-order valence-electron chi connectivity index (χ1n) is 9.18. The van der Waals surface area contributed by atoms with Crippen LogP contribution in [0.4, 0.5) is 9.18 Å². The number of hydrogen-bond donors (Lipinski definition) is 1. The van der Waals surface area contributed by atoms with Gasteiger partial charge in [0.25, 0.3) is 5.91 Å². The number of nitrogens with one attached hydrogen (secondary N) is 1. The van der Waals surface area contributed by atoms with E-state index in [1.165, 1.54) is 30.3 Å².